The lowest BCUT2D eigenvalue weighted by Crippen LogP contribution is -2.53. The van der Waals surface area contributed by atoms with Gasteiger partial charge in [-0.25, -0.2) is 4.98 Å². The lowest BCUT2D eigenvalue weighted by Gasteiger charge is -2.29. The van der Waals surface area contributed by atoms with Crippen LogP contribution in [0, 0.1) is 17.8 Å². The first kappa shape index (κ1) is 32.4. The second-order valence-corrected chi connectivity index (χ2v) is 13.1. The molecule has 0 aliphatic heterocycles. The first-order chi connectivity index (χ1) is 18.2. The third-order valence-corrected chi connectivity index (χ3v) is 6.97. The zero-order valence-electron chi connectivity index (χ0n) is 24.4. The van der Waals surface area contributed by atoms with Gasteiger partial charge in [-0.2, -0.15) is 0 Å². The van der Waals surface area contributed by atoms with Crippen LogP contribution in [0.15, 0.2) is 41.9 Å². The number of aromatic nitrogens is 1. The molecular weight excluding hydrogens is 512 g/mol. The summed E-state index contributed by atoms with van der Waals surface area (Å²) in [5, 5.41) is 22.2. The summed E-state index contributed by atoms with van der Waals surface area (Å²) in [7, 11) is 0. The van der Waals surface area contributed by atoms with E-state index in [1.54, 1.807) is 11.6 Å². The topological polar surface area (TPSA) is 120 Å². The molecule has 4 N–H and O–H groups in total. The maximum Gasteiger partial charge on any atom is 0.242 e. The van der Waals surface area contributed by atoms with Crippen molar-refractivity contribution in [1.29, 1.82) is 0 Å². The minimum absolute atomic E-state index is 0.00670. The number of aliphatic hydroxyl groups excluding tert-OH is 1. The van der Waals surface area contributed by atoms with Gasteiger partial charge in [0.1, 0.15) is 17.2 Å². The Morgan fingerprint density at radius 3 is 2.13 bits per heavy atom. The van der Waals surface area contributed by atoms with Gasteiger partial charge in [-0.3, -0.25) is 14.4 Å². The van der Waals surface area contributed by atoms with Crippen molar-refractivity contribution in [3.8, 4) is 0 Å². The van der Waals surface area contributed by atoms with E-state index in [1.807, 2.05) is 78.8 Å². The number of hydrogen-bond donors (Lipinski definition) is 4. The van der Waals surface area contributed by atoms with E-state index in [9.17, 15) is 19.5 Å². The fourth-order valence-corrected chi connectivity index (χ4v) is 5.14. The summed E-state index contributed by atoms with van der Waals surface area (Å²) in [6, 6.07) is 8.20. The Balaban J connectivity index is 2.23. The molecule has 2 rings (SSSR count). The average Bonchev–Trinajstić information content (AvgIpc) is 3.36. The Kier molecular flexibility index (Phi) is 12.6. The highest BCUT2D eigenvalue weighted by Crippen LogP contribution is 2.24. The first-order valence-corrected chi connectivity index (χ1v) is 14.7. The molecule has 0 spiro atoms. The number of benzene rings is 1. The number of hydrogen-bond acceptors (Lipinski definition) is 6. The summed E-state index contributed by atoms with van der Waals surface area (Å²) in [6.07, 6.45) is 2.04. The molecule has 0 saturated carbocycles. The van der Waals surface area contributed by atoms with Crippen LogP contribution in [0.2, 0.25) is 0 Å². The second-order valence-electron chi connectivity index (χ2n) is 12.1. The van der Waals surface area contributed by atoms with Crippen LogP contribution < -0.4 is 16.0 Å². The summed E-state index contributed by atoms with van der Waals surface area (Å²) < 4.78 is 0. The zero-order chi connectivity index (χ0) is 29.2. The molecule has 1 aromatic heterocycles. The fraction of sp³-hybridized carbons (Fsp3) is 0.600. The lowest BCUT2D eigenvalue weighted by molar-refractivity contribution is -0.134. The zero-order valence-corrected chi connectivity index (χ0v) is 25.2. The van der Waals surface area contributed by atoms with Crippen LogP contribution in [0.25, 0.3) is 0 Å². The fourth-order valence-electron chi connectivity index (χ4n) is 4.45. The Morgan fingerprint density at radius 1 is 0.949 bits per heavy atom. The number of carbonyl (C=O) groups excluding carboxylic acids is 3. The van der Waals surface area contributed by atoms with E-state index in [4.69, 9.17) is 0 Å². The molecule has 9 heteroatoms. The van der Waals surface area contributed by atoms with Gasteiger partial charge in [-0.05, 0) is 57.4 Å². The highest BCUT2D eigenvalue weighted by atomic mass is 32.1. The van der Waals surface area contributed by atoms with Crippen molar-refractivity contribution in [1.82, 2.24) is 20.9 Å². The largest absolute Gasteiger partial charge is 0.384 e. The predicted octanol–water partition coefficient (Wildman–Crippen LogP) is 4.40. The summed E-state index contributed by atoms with van der Waals surface area (Å²) in [6.45, 7) is 13.7. The van der Waals surface area contributed by atoms with Crippen LogP contribution in [0.4, 0.5) is 0 Å². The van der Waals surface area contributed by atoms with Crippen LogP contribution in [0.5, 0.6) is 0 Å². The van der Waals surface area contributed by atoms with Crippen LogP contribution in [0.1, 0.15) is 84.4 Å². The van der Waals surface area contributed by atoms with E-state index < -0.39 is 29.6 Å². The van der Waals surface area contributed by atoms with Gasteiger partial charge in [0.05, 0.1) is 12.0 Å². The summed E-state index contributed by atoms with van der Waals surface area (Å²) in [5.74, 6) is -1.21. The predicted molar refractivity (Wildman–Crippen MR) is 156 cm³/mol. The minimum atomic E-state index is -0.946. The molecule has 0 unspecified atom stereocenters. The summed E-state index contributed by atoms with van der Waals surface area (Å²) >= 11 is 1.34. The van der Waals surface area contributed by atoms with Gasteiger partial charge in [0.25, 0.3) is 0 Å². The molecule has 1 aromatic carbocycles. The molecule has 3 amide bonds. The quantitative estimate of drug-likeness (QED) is 0.274. The minimum Gasteiger partial charge on any atom is -0.384 e. The summed E-state index contributed by atoms with van der Waals surface area (Å²) in [4.78, 5) is 44.2. The van der Waals surface area contributed by atoms with Gasteiger partial charge in [-0.15, -0.1) is 11.3 Å². The molecule has 0 radical (unpaired) electrons. The number of thiazole rings is 1. The van der Waals surface area contributed by atoms with E-state index in [0.29, 0.717) is 24.3 Å². The number of nitrogens with zero attached hydrogens (tertiary/aromatic N) is 1. The maximum absolute atomic E-state index is 13.6. The molecule has 216 valence electrons. The molecule has 2 aromatic rings. The maximum atomic E-state index is 13.6. The van der Waals surface area contributed by atoms with Crippen molar-refractivity contribution >= 4 is 29.1 Å². The Labute approximate surface area is 237 Å². The van der Waals surface area contributed by atoms with E-state index in [1.165, 1.54) is 11.3 Å². The Bertz CT molecular complexity index is 1030. The van der Waals surface area contributed by atoms with Crippen LogP contribution in [0.3, 0.4) is 0 Å². The number of aliphatic hydroxyl groups is 1. The standard InChI is InChI=1S/C30H46N4O4S/c1-19(2)15-23(26(36)29-31-13-14-39-29)32-28(38)24(16-20(3)4)33-27(37)22(17-21-11-9-8-10-12-21)18-25(35)34-30(5,6)7/h8-14,19-20,22-24,26,36H,15-18H2,1-7H3,(H,32,38)(H,33,37)(H,34,35)/t22-,23-,24+,26+/m1/s1. The van der Waals surface area contributed by atoms with Crippen LogP contribution in [-0.2, 0) is 20.8 Å². The molecule has 0 aliphatic carbocycles. The van der Waals surface area contributed by atoms with Crippen LogP contribution >= 0.6 is 11.3 Å². The molecule has 8 nitrogen and oxygen atoms in total. The molecule has 1 heterocycles. The Morgan fingerprint density at radius 2 is 1.59 bits per heavy atom. The molecular formula is C30H46N4O4S. The molecule has 0 bridgehead atoms. The lowest BCUT2D eigenvalue weighted by atomic mass is 9.93. The van der Waals surface area contributed by atoms with Gasteiger partial charge < -0.3 is 21.1 Å². The molecule has 0 aliphatic rings. The summed E-state index contributed by atoms with van der Waals surface area (Å²) in [5.41, 5.74) is 0.517. The Hall–Kier alpha value is -2.78. The molecule has 0 saturated heterocycles. The monoisotopic (exact) mass is 558 g/mol. The van der Waals surface area contributed by atoms with Gasteiger partial charge in [0, 0.05) is 23.5 Å². The van der Waals surface area contributed by atoms with E-state index in [0.717, 1.165) is 5.56 Å². The molecule has 39 heavy (non-hydrogen) atoms. The highest BCUT2D eigenvalue weighted by Gasteiger charge is 2.32. The van der Waals surface area contributed by atoms with Gasteiger partial charge in [0.15, 0.2) is 0 Å². The SMILES string of the molecule is CC(C)C[C@H](NC(=O)[C@@H](CC(=O)NC(C)(C)C)Cc1ccccc1)C(=O)N[C@H](CC(C)C)[C@H](O)c1nccs1. The third-order valence-electron chi connectivity index (χ3n) is 6.12. The average molecular weight is 559 g/mol. The van der Waals surface area contributed by atoms with Gasteiger partial charge >= 0.3 is 0 Å². The highest BCUT2D eigenvalue weighted by molar-refractivity contribution is 7.09. The smallest absolute Gasteiger partial charge is 0.242 e. The number of rotatable bonds is 14. The van der Waals surface area contributed by atoms with Crippen molar-refractivity contribution in [3.63, 3.8) is 0 Å². The van der Waals surface area contributed by atoms with Crippen LogP contribution in [-0.4, -0.2) is 45.4 Å². The number of carbonyl (C=O) groups is 3. The van der Waals surface area contributed by atoms with Crippen molar-refractivity contribution < 1.29 is 19.5 Å². The number of amides is 3. The first-order valence-electron chi connectivity index (χ1n) is 13.8. The van der Waals surface area contributed by atoms with Crippen molar-refractivity contribution in [2.75, 3.05) is 0 Å². The third kappa shape index (κ3) is 11.9. The molecule has 4 atom stereocenters. The van der Waals surface area contributed by atoms with Crippen molar-refractivity contribution in [2.45, 2.75) is 97.9 Å². The molecule has 0 fully saturated rings. The van der Waals surface area contributed by atoms with Gasteiger partial charge in [0.2, 0.25) is 17.7 Å². The van der Waals surface area contributed by atoms with E-state index in [2.05, 4.69) is 20.9 Å². The van der Waals surface area contributed by atoms with E-state index >= 15 is 0 Å². The van der Waals surface area contributed by atoms with Crippen molar-refractivity contribution in [2.24, 2.45) is 17.8 Å². The van der Waals surface area contributed by atoms with Crippen molar-refractivity contribution in [3.05, 3.63) is 52.5 Å². The number of nitrogens with one attached hydrogen (secondary N) is 3. The normalized spacial score (nSPS) is 14.9. The van der Waals surface area contributed by atoms with E-state index in [-0.39, 0.29) is 36.0 Å². The van der Waals surface area contributed by atoms with Gasteiger partial charge in [-0.1, -0.05) is 58.0 Å². The second kappa shape index (κ2) is 15.1.